The van der Waals surface area contributed by atoms with Crippen molar-refractivity contribution in [2.45, 2.75) is 60.1 Å². The summed E-state index contributed by atoms with van der Waals surface area (Å²) in [7, 11) is 4.00. The third kappa shape index (κ3) is 4.10. The standard InChI is InChI=1S/C33H37N3O6S/c1-35(2)24-6-8-25(9-7-24)43(40)36-20-31-16-22-5-10-26(41-3)29(38)28(22)32(19-31)17-23(12-14-33(32,39)30(31)36)34-27(37)11-4-21-13-15-42-18-21/h4-11,13,15,18,23,30,38-39H,12,14,16-17,19-20H2,1-3H3,(H,34,37)/b11-4+. The summed E-state index contributed by atoms with van der Waals surface area (Å²) in [5.41, 5.74) is 1.12. The Kier molecular flexibility index (Phi) is 6.54. The molecule has 226 valence electrons. The Morgan fingerprint density at radius 3 is 2.70 bits per heavy atom. The molecule has 0 radical (unpaired) electrons. The summed E-state index contributed by atoms with van der Waals surface area (Å²) in [6, 6.07) is 12.7. The Morgan fingerprint density at radius 1 is 1.21 bits per heavy atom. The fraction of sp³-hybridized carbons (Fsp3) is 0.424. The van der Waals surface area contributed by atoms with Gasteiger partial charge in [0.2, 0.25) is 5.91 Å². The fourth-order valence-electron chi connectivity index (χ4n) is 8.66. The van der Waals surface area contributed by atoms with E-state index in [1.807, 2.05) is 53.6 Å². The number of amides is 1. The SMILES string of the molecule is COc1ccc2c(c1O)C13CC(NC(=O)/C=C/c4ccoc4)CCC1(O)C1N(S(=O)c4ccc(N(C)C)cc4)CC1(C2)C3. The van der Waals surface area contributed by atoms with Crippen LogP contribution in [0.3, 0.4) is 0 Å². The molecule has 1 amide bonds. The first-order valence-corrected chi connectivity index (χ1v) is 15.8. The highest BCUT2D eigenvalue weighted by Gasteiger charge is 2.79. The molecule has 3 fully saturated rings. The van der Waals surface area contributed by atoms with Crippen LogP contribution >= 0.6 is 0 Å². The minimum atomic E-state index is -1.46. The molecule has 3 aromatic rings. The first kappa shape index (κ1) is 28.2. The molecule has 43 heavy (non-hydrogen) atoms. The van der Waals surface area contributed by atoms with E-state index >= 15 is 0 Å². The quantitative estimate of drug-likeness (QED) is 0.352. The molecule has 9 nitrogen and oxygen atoms in total. The van der Waals surface area contributed by atoms with E-state index in [4.69, 9.17) is 9.15 Å². The first-order chi connectivity index (χ1) is 20.6. The van der Waals surface area contributed by atoms with Crippen molar-refractivity contribution in [1.82, 2.24) is 9.62 Å². The lowest BCUT2D eigenvalue weighted by Gasteiger charge is -2.57. The summed E-state index contributed by atoms with van der Waals surface area (Å²) in [5, 5.41) is 27.6. The number of ether oxygens (including phenoxy) is 1. The van der Waals surface area contributed by atoms with Crippen LogP contribution in [0, 0.1) is 5.41 Å². The van der Waals surface area contributed by atoms with E-state index < -0.39 is 22.0 Å². The predicted octanol–water partition coefficient (Wildman–Crippen LogP) is 3.76. The van der Waals surface area contributed by atoms with E-state index in [9.17, 15) is 19.2 Å². The molecule has 1 saturated heterocycles. The number of nitrogens with zero attached hydrogens (tertiary/aromatic N) is 2. The van der Waals surface area contributed by atoms with E-state index in [1.54, 1.807) is 30.7 Å². The number of anilines is 1. The molecule has 1 aliphatic heterocycles. The van der Waals surface area contributed by atoms with E-state index in [0.717, 1.165) is 16.8 Å². The van der Waals surface area contributed by atoms with Crippen molar-refractivity contribution >= 4 is 28.7 Å². The number of benzene rings is 2. The van der Waals surface area contributed by atoms with E-state index in [-0.39, 0.29) is 29.2 Å². The molecule has 6 atom stereocenters. The lowest BCUT2D eigenvalue weighted by atomic mass is 9.57. The molecule has 2 saturated carbocycles. The number of carbonyl (C=O) groups is 1. The Balaban J connectivity index is 1.24. The van der Waals surface area contributed by atoms with Gasteiger partial charge in [-0.1, -0.05) is 6.07 Å². The van der Waals surface area contributed by atoms with Gasteiger partial charge in [0.25, 0.3) is 0 Å². The molecule has 2 aromatic carbocycles. The number of phenols is 1. The van der Waals surface area contributed by atoms with Crippen LogP contribution < -0.4 is 15.0 Å². The third-order valence-electron chi connectivity index (χ3n) is 10.3. The highest BCUT2D eigenvalue weighted by molar-refractivity contribution is 7.82. The summed E-state index contributed by atoms with van der Waals surface area (Å²) in [6.07, 6.45) is 9.05. The fourth-order valence-corrected chi connectivity index (χ4v) is 10.3. The van der Waals surface area contributed by atoms with Gasteiger partial charge in [-0.15, -0.1) is 0 Å². The van der Waals surface area contributed by atoms with Crippen LogP contribution in [0.1, 0.15) is 42.4 Å². The third-order valence-corrected chi connectivity index (χ3v) is 11.7. The van der Waals surface area contributed by atoms with Crippen LogP contribution in [0.4, 0.5) is 5.69 Å². The largest absolute Gasteiger partial charge is 0.504 e. The molecule has 2 heterocycles. The van der Waals surface area contributed by atoms with Crippen LogP contribution in [0.2, 0.25) is 0 Å². The molecular weight excluding hydrogens is 566 g/mol. The number of rotatable bonds is 7. The Bertz CT molecular complexity index is 1620. The lowest BCUT2D eigenvalue weighted by Crippen LogP contribution is -2.71. The number of carbonyl (C=O) groups excluding carboxylic acids is 1. The Morgan fingerprint density at radius 2 is 2.00 bits per heavy atom. The summed E-state index contributed by atoms with van der Waals surface area (Å²) < 4.78 is 26.6. The van der Waals surface area contributed by atoms with E-state index in [1.165, 1.54) is 13.2 Å². The van der Waals surface area contributed by atoms with Gasteiger partial charge in [-0.2, -0.15) is 0 Å². The average molecular weight is 604 g/mol. The number of aromatic hydroxyl groups is 1. The summed E-state index contributed by atoms with van der Waals surface area (Å²) in [5.74, 6) is 0.188. The number of furan rings is 1. The summed E-state index contributed by atoms with van der Waals surface area (Å²) >= 11 is 0. The Labute approximate surface area is 253 Å². The zero-order valence-corrected chi connectivity index (χ0v) is 25.4. The van der Waals surface area contributed by atoms with Gasteiger partial charge in [-0.3, -0.25) is 4.79 Å². The maximum absolute atomic E-state index is 14.0. The van der Waals surface area contributed by atoms with Gasteiger partial charge < -0.3 is 29.6 Å². The van der Waals surface area contributed by atoms with E-state index in [2.05, 4.69) is 5.32 Å². The second-order valence-corrected chi connectivity index (χ2v) is 14.3. The topological polar surface area (TPSA) is 115 Å². The smallest absolute Gasteiger partial charge is 0.244 e. The van der Waals surface area contributed by atoms with Crippen molar-refractivity contribution in [3.05, 3.63) is 77.8 Å². The van der Waals surface area contributed by atoms with Crippen molar-refractivity contribution in [3.63, 3.8) is 0 Å². The van der Waals surface area contributed by atoms with Gasteiger partial charge in [-0.05, 0) is 80.1 Å². The van der Waals surface area contributed by atoms with Gasteiger partial charge >= 0.3 is 0 Å². The molecule has 7 rings (SSSR count). The highest BCUT2D eigenvalue weighted by atomic mass is 32.2. The highest BCUT2D eigenvalue weighted by Crippen LogP contribution is 2.73. The van der Waals surface area contributed by atoms with Crippen molar-refractivity contribution in [3.8, 4) is 11.5 Å². The molecule has 3 N–H and O–H groups in total. The molecule has 2 bridgehead atoms. The predicted molar refractivity (Wildman–Crippen MR) is 163 cm³/mol. The van der Waals surface area contributed by atoms with Crippen molar-refractivity contribution in [2.24, 2.45) is 5.41 Å². The zero-order valence-electron chi connectivity index (χ0n) is 24.6. The van der Waals surface area contributed by atoms with Gasteiger partial charge in [0.15, 0.2) is 11.5 Å². The minimum absolute atomic E-state index is 0.0494. The van der Waals surface area contributed by atoms with Crippen molar-refractivity contribution < 1.29 is 28.4 Å². The Hall–Kier alpha value is -3.60. The number of hydrogen-bond acceptors (Lipinski definition) is 7. The van der Waals surface area contributed by atoms with E-state index in [0.29, 0.717) is 54.9 Å². The monoisotopic (exact) mass is 603 g/mol. The number of fused-ring (bicyclic) bond motifs is 2. The van der Waals surface area contributed by atoms with Crippen LogP contribution in [-0.4, -0.2) is 70.1 Å². The number of phenolic OH excluding ortho intramolecular Hbond substituents is 1. The molecular formula is C33H37N3O6S. The molecule has 10 heteroatoms. The molecule has 6 unspecified atom stereocenters. The maximum Gasteiger partial charge on any atom is 0.244 e. The van der Waals surface area contributed by atoms with Gasteiger partial charge in [-0.25, -0.2) is 8.51 Å². The molecule has 3 aliphatic carbocycles. The van der Waals surface area contributed by atoms with Gasteiger partial charge in [0.05, 0.1) is 36.2 Å². The van der Waals surface area contributed by atoms with Gasteiger partial charge in [0, 0.05) is 60.4 Å². The first-order valence-electron chi connectivity index (χ1n) is 14.7. The molecule has 2 spiro atoms. The van der Waals surface area contributed by atoms with Crippen molar-refractivity contribution in [2.75, 3.05) is 32.6 Å². The van der Waals surface area contributed by atoms with Gasteiger partial charge in [0.1, 0.15) is 11.0 Å². The van der Waals surface area contributed by atoms with Crippen LogP contribution in [0.5, 0.6) is 11.5 Å². The summed E-state index contributed by atoms with van der Waals surface area (Å²) in [4.78, 5) is 15.7. The number of nitrogens with one attached hydrogen (secondary N) is 1. The molecule has 1 aromatic heterocycles. The maximum atomic E-state index is 14.0. The summed E-state index contributed by atoms with van der Waals surface area (Å²) in [6.45, 7) is 0.584. The minimum Gasteiger partial charge on any atom is -0.504 e. The number of methoxy groups -OCH3 is 1. The van der Waals surface area contributed by atoms with Crippen LogP contribution in [-0.2, 0) is 27.6 Å². The second kappa shape index (κ2) is 9.97. The van der Waals surface area contributed by atoms with Crippen molar-refractivity contribution in [1.29, 1.82) is 0 Å². The zero-order chi connectivity index (χ0) is 30.1. The lowest BCUT2D eigenvalue weighted by molar-refractivity contribution is -0.128. The number of hydrogen-bond donors (Lipinski definition) is 3. The molecule has 4 aliphatic rings. The average Bonchev–Trinajstić information content (AvgIpc) is 3.54. The van der Waals surface area contributed by atoms with Crippen LogP contribution in [0.25, 0.3) is 6.08 Å². The number of aliphatic hydroxyl groups is 1. The normalized spacial score (nSPS) is 31.4. The second-order valence-electron chi connectivity index (χ2n) is 12.8. The van der Waals surface area contributed by atoms with Crippen LogP contribution in [0.15, 0.2) is 70.4 Å².